The van der Waals surface area contributed by atoms with Gasteiger partial charge in [-0.3, -0.25) is 4.79 Å². The van der Waals surface area contributed by atoms with Gasteiger partial charge in [0.05, 0.1) is 0 Å². The van der Waals surface area contributed by atoms with Gasteiger partial charge in [-0.2, -0.15) is 11.8 Å². The summed E-state index contributed by atoms with van der Waals surface area (Å²) in [6.45, 7) is 2.25. The molecular formula is C17H24ClNOS. The Kier molecular flexibility index (Phi) is 6.91. The second kappa shape index (κ2) is 8.70. The van der Waals surface area contributed by atoms with Gasteiger partial charge in [-0.1, -0.05) is 49.6 Å². The monoisotopic (exact) mass is 325 g/mol. The molecule has 2 atom stereocenters. The minimum Gasteiger partial charge on any atom is -0.353 e. The van der Waals surface area contributed by atoms with Gasteiger partial charge in [0, 0.05) is 29.0 Å². The van der Waals surface area contributed by atoms with Crippen LogP contribution in [0.3, 0.4) is 0 Å². The van der Waals surface area contributed by atoms with Crippen LogP contribution in [-0.4, -0.2) is 17.7 Å². The summed E-state index contributed by atoms with van der Waals surface area (Å²) in [5.41, 5.74) is 1.14. The Bertz CT molecular complexity index is 466. The SMILES string of the molecule is C[C@@H]1CCCC[C@@H]1NC(=O)CCSCc1ccccc1Cl. The van der Waals surface area contributed by atoms with Gasteiger partial charge in [0.1, 0.15) is 0 Å². The number of hydrogen-bond acceptors (Lipinski definition) is 2. The molecule has 1 aromatic carbocycles. The molecule has 2 rings (SSSR count). The van der Waals surface area contributed by atoms with Crippen LogP contribution in [0.15, 0.2) is 24.3 Å². The zero-order valence-electron chi connectivity index (χ0n) is 12.6. The van der Waals surface area contributed by atoms with Gasteiger partial charge in [0.25, 0.3) is 0 Å². The van der Waals surface area contributed by atoms with Crippen LogP contribution in [0.5, 0.6) is 0 Å². The summed E-state index contributed by atoms with van der Waals surface area (Å²) < 4.78 is 0. The van der Waals surface area contributed by atoms with Crippen molar-refractivity contribution in [1.29, 1.82) is 0 Å². The van der Waals surface area contributed by atoms with E-state index >= 15 is 0 Å². The Labute approximate surface area is 137 Å². The Balaban J connectivity index is 1.64. The lowest BCUT2D eigenvalue weighted by Gasteiger charge is -2.29. The maximum absolute atomic E-state index is 12.0. The molecule has 1 saturated carbocycles. The van der Waals surface area contributed by atoms with Crippen molar-refractivity contribution >= 4 is 29.3 Å². The van der Waals surface area contributed by atoms with Crippen LogP contribution in [0.2, 0.25) is 5.02 Å². The quantitative estimate of drug-likeness (QED) is 0.771. The minimum atomic E-state index is 0.195. The van der Waals surface area contributed by atoms with Crippen molar-refractivity contribution in [3.05, 3.63) is 34.9 Å². The van der Waals surface area contributed by atoms with Gasteiger partial charge >= 0.3 is 0 Å². The molecule has 0 aromatic heterocycles. The molecule has 4 heteroatoms. The van der Waals surface area contributed by atoms with E-state index < -0.39 is 0 Å². The fraction of sp³-hybridized carbons (Fsp3) is 0.588. The highest BCUT2D eigenvalue weighted by atomic mass is 35.5. The molecule has 1 aromatic rings. The van der Waals surface area contributed by atoms with E-state index in [4.69, 9.17) is 11.6 Å². The topological polar surface area (TPSA) is 29.1 Å². The van der Waals surface area contributed by atoms with Crippen molar-refractivity contribution in [2.75, 3.05) is 5.75 Å². The number of nitrogens with one attached hydrogen (secondary N) is 1. The van der Waals surface area contributed by atoms with Crippen molar-refractivity contribution in [1.82, 2.24) is 5.32 Å². The summed E-state index contributed by atoms with van der Waals surface area (Å²) >= 11 is 7.88. The van der Waals surface area contributed by atoms with E-state index in [9.17, 15) is 4.79 Å². The highest BCUT2D eigenvalue weighted by molar-refractivity contribution is 7.98. The number of rotatable bonds is 6. The molecule has 0 bridgehead atoms. The van der Waals surface area contributed by atoms with Crippen LogP contribution < -0.4 is 5.32 Å². The zero-order valence-corrected chi connectivity index (χ0v) is 14.2. The van der Waals surface area contributed by atoms with Crippen molar-refractivity contribution in [2.45, 2.75) is 50.8 Å². The van der Waals surface area contributed by atoms with Crippen LogP contribution in [0.25, 0.3) is 0 Å². The number of halogens is 1. The van der Waals surface area contributed by atoms with Gasteiger partial charge in [0.2, 0.25) is 5.91 Å². The predicted molar refractivity (Wildman–Crippen MR) is 91.8 cm³/mol. The average Bonchev–Trinajstić information content (AvgIpc) is 2.48. The van der Waals surface area contributed by atoms with Crippen molar-refractivity contribution in [3.63, 3.8) is 0 Å². The van der Waals surface area contributed by atoms with E-state index in [1.54, 1.807) is 11.8 Å². The lowest BCUT2D eigenvalue weighted by molar-refractivity contribution is -0.121. The van der Waals surface area contributed by atoms with E-state index in [1.807, 2.05) is 24.3 Å². The first-order chi connectivity index (χ1) is 10.2. The van der Waals surface area contributed by atoms with E-state index in [1.165, 1.54) is 19.3 Å². The van der Waals surface area contributed by atoms with E-state index in [-0.39, 0.29) is 5.91 Å². The molecule has 1 aliphatic carbocycles. The standard InChI is InChI=1S/C17H24ClNOS/c1-13-6-2-5-9-16(13)19-17(20)10-11-21-12-14-7-3-4-8-15(14)18/h3-4,7-8,13,16H,2,5-6,9-12H2,1H3,(H,19,20)/t13-,16+/m1/s1. The smallest absolute Gasteiger partial charge is 0.221 e. The molecule has 0 radical (unpaired) electrons. The molecular weight excluding hydrogens is 302 g/mol. The maximum atomic E-state index is 12.0. The highest BCUT2D eigenvalue weighted by Gasteiger charge is 2.22. The number of amides is 1. The van der Waals surface area contributed by atoms with Gasteiger partial charge in [-0.05, 0) is 30.4 Å². The number of benzene rings is 1. The molecule has 1 fully saturated rings. The molecule has 21 heavy (non-hydrogen) atoms. The number of thioether (sulfide) groups is 1. The molecule has 116 valence electrons. The average molecular weight is 326 g/mol. The third-order valence-corrected chi connectivity index (χ3v) is 5.52. The number of hydrogen-bond donors (Lipinski definition) is 1. The second-order valence-electron chi connectivity index (χ2n) is 5.83. The third kappa shape index (κ3) is 5.55. The third-order valence-electron chi connectivity index (χ3n) is 4.15. The van der Waals surface area contributed by atoms with Crippen LogP contribution in [0.4, 0.5) is 0 Å². The van der Waals surface area contributed by atoms with Crippen LogP contribution >= 0.6 is 23.4 Å². The molecule has 0 heterocycles. The van der Waals surface area contributed by atoms with Gasteiger partial charge in [-0.15, -0.1) is 0 Å². The van der Waals surface area contributed by atoms with Crippen molar-refractivity contribution in [3.8, 4) is 0 Å². The van der Waals surface area contributed by atoms with Crippen LogP contribution in [-0.2, 0) is 10.5 Å². The largest absolute Gasteiger partial charge is 0.353 e. The fourth-order valence-electron chi connectivity index (χ4n) is 2.77. The van der Waals surface area contributed by atoms with Crippen LogP contribution in [0, 0.1) is 5.92 Å². The lowest BCUT2D eigenvalue weighted by Crippen LogP contribution is -2.41. The maximum Gasteiger partial charge on any atom is 0.221 e. The summed E-state index contributed by atoms with van der Waals surface area (Å²) in [5, 5.41) is 4.01. The highest BCUT2D eigenvalue weighted by Crippen LogP contribution is 2.24. The number of carbonyl (C=O) groups is 1. The second-order valence-corrected chi connectivity index (χ2v) is 7.34. The summed E-state index contributed by atoms with van der Waals surface area (Å²) in [6, 6.07) is 8.28. The first-order valence-corrected chi connectivity index (χ1v) is 9.30. The molecule has 0 aliphatic heterocycles. The van der Waals surface area contributed by atoms with Crippen molar-refractivity contribution in [2.24, 2.45) is 5.92 Å². The molecule has 1 aliphatic rings. The first kappa shape index (κ1) is 16.7. The summed E-state index contributed by atoms with van der Waals surface area (Å²) in [4.78, 5) is 12.0. The predicted octanol–water partition coefficient (Wildman–Crippen LogP) is 4.66. The van der Waals surface area contributed by atoms with E-state index in [2.05, 4.69) is 12.2 Å². The van der Waals surface area contributed by atoms with E-state index in [0.29, 0.717) is 18.4 Å². The molecule has 0 saturated heterocycles. The Morgan fingerprint density at radius 1 is 1.33 bits per heavy atom. The fourth-order valence-corrected chi connectivity index (χ4v) is 4.00. The molecule has 0 unspecified atom stereocenters. The summed E-state index contributed by atoms with van der Waals surface area (Å²) in [6.07, 6.45) is 5.53. The Morgan fingerprint density at radius 2 is 2.10 bits per heavy atom. The number of carbonyl (C=O) groups excluding carboxylic acids is 1. The van der Waals surface area contributed by atoms with Gasteiger partial charge < -0.3 is 5.32 Å². The minimum absolute atomic E-state index is 0.195. The lowest BCUT2D eigenvalue weighted by atomic mass is 9.86. The first-order valence-electron chi connectivity index (χ1n) is 7.77. The molecule has 0 spiro atoms. The normalized spacial score (nSPS) is 22.0. The molecule has 1 amide bonds. The van der Waals surface area contributed by atoms with Gasteiger partial charge in [0.15, 0.2) is 0 Å². The van der Waals surface area contributed by atoms with Gasteiger partial charge in [-0.25, -0.2) is 0 Å². The Morgan fingerprint density at radius 3 is 2.86 bits per heavy atom. The molecule has 1 N–H and O–H groups in total. The van der Waals surface area contributed by atoms with Crippen LogP contribution in [0.1, 0.15) is 44.6 Å². The van der Waals surface area contributed by atoms with Crippen molar-refractivity contribution < 1.29 is 4.79 Å². The molecule has 2 nitrogen and oxygen atoms in total. The Hall–Kier alpha value is -0.670. The summed E-state index contributed by atoms with van der Waals surface area (Å²) in [5.74, 6) is 2.53. The van der Waals surface area contributed by atoms with E-state index in [0.717, 1.165) is 28.5 Å². The summed E-state index contributed by atoms with van der Waals surface area (Å²) in [7, 11) is 0. The zero-order chi connectivity index (χ0) is 15.1.